The zero-order chi connectivity index (χ0) is 17.6. The van der Waals surface area contributed by atoms with E-state index in [1.165, 1.54) is 0 Å². The van der Waals surface area contributed by atoms with Crippen LogP contribution in [0.25, 0.3) is 0 Å². The second-order valence-electron chi connectivity index (χ2n) is 5.56. The number of ether oxygens (including phenoxy) is 2. The molecule has 0 radical (unpaired) electrons. The zero-order valence-corrected chi connectivity index (χ0v) is 14.0. The Morgan fingerprint density at radius 3 is 2.92 bits per heavy atom. The molecule has 0 spiro atoms. The summed E-state index contributed by atoms with van der Waals surface area (Å²) in [6, 6.07) is 14.6. The Morgan fingerprint density at radius 2 is 2.08 bits per heavy atom. The molecule has 0 fully saturated rings. The third-order valence-electron chi connectivity index (χ3n) is 3.80. The minimum Gasteiger partial charge on any atom is -0.494 e. The standard InChI is InChI=1S/C19H20N2O4/c1-2-24-15-7-5-6-14(12-15)20-18(22)10-11-21-16-8-3-4-9-17(16)25-13-19(21)23/h3-9,12H,2,10-11,13H2,1H3,(H,20,22). The van der Waals surface area contributed by atoms with Crippen LogP contribution in [0.15, 0.2) is 48.5 Å². The fraction of sp³-hybridized carbons (Fsp3) is 0.263. The van der Waals surface area contributed by atoms with E-state index in [4.69, 9.17) is 9.47 Å². The van der Waals surface area contributed by atoms with Gasteiger partial charge in [0, 0.05) is 24.7 Å². The lowest BCUT2D eigenvalue weighted by molar-refractivity contribution is -0.121. The van der Waals surface area contributed by atoms with Crippen LogP contribution in [-0.4, -0.2) is 31.6 Å². The largest absolute Gasteiger partial charge is 0.494 e. The highest BCUT2D eigenvalue weighted by molar-refractivity contribution is 5.99. The van der Waals surface area contributed by atoms with Crippen molar-refractivity contribution in [1.82, 2.24) is 0 Å². The monoisotopic (exact) mass is 340 g/mol. The molecule has 0 unspecified atom stereocenters. The first-order chi connectivity index (χ1) is 12.2. The van der Waals surface area contributed by atoms with Crippen LogP contribution in [0, 0.1) is 0 Å². The fourth-order valence-electron chi connectivity index (χ4n) is 2.67. The number of hydrogen-bond donors (Lipinski definition) is 1. The second kappa shape index (κ2) is 7.70. The van der Waals surface area contributed by atoms with Gasteiger partial charge in [0.2, 0.25) is 5.91 Å². The van der Waals surface area contributed by atoms with E-state index < -0.39 is 0 Å². The van der Waals surface area contributed by atoms with Crippen molar-refractivity contribution < 1.29 is 19.1 Å². The van der Waals surface area contributed by atoms with E-state index in [1.54, 1.807) is 17.0 Å². The number of carbonyl (C=O) groups is 2. The van der Waals surface area contributed by atoms with Crippen LogP contribution < -0.4 is 19.7 Å². The molecule has 2 amide bonds. The van der Waals surface area contributed by atoms with Gasteiger partial charge in [-0.25, -0.2) is 0 Å². The van der Waals surface area contributed by atoms with Gasteiger partial charge in [-0.3, -0.25) is 9.59 Å². The van der Waals surface area contributed by atoms with Gasteiger partial charge in [-0.15, -0.1) is 0 Å². The fourth-order valence-corrected chi connectivity index (χ4v) is 2.67. The first-order valence-corrected chi connectivity index (χ1v) is 8.22. The number of hydrogen-bond acceptors (Lipinski definition) is 4. The number of nitrogens with one attached hydrogen (secondary N) is 1. The molecule has 1 aliphatic rings. The zero-order valence-electron chi connectivity index (χ0n) is 14.0. The normalized spacial score (nSPS) is 13.0. The summed E-state index contributed by atoms with van der Waals surface area (Å²) >= 11 is 0. The highest BCUT2D eigenvalue weighted by atomic mass is 16.5. The van der Waals surface area contributed by atoms with E-state index >= 15 is 0 Å². The molecule has 0 atom stereocenters. The Morgan fingerprint density at radius 1 is 1.24 bits per heavy atom. The minimum atomic E-state index is -0.162. The van der Waals surface area contributed by atoms with Crippen LogP contribution in [0.5, 0.6) is 11.5 Å². The Hall–Kier alpha value is -3.02. The molecule has 6 heteroatoms. The van der Waals surface area contributed by atoms with Crippen LogP contribution in [0.4, 0.5) is 11.4 Å². The predicted octanol–water partition coefficient (Wildman–Crippen LogP) is 2.84. The summed E-state index contributed by atoms with van der Waals surface area (Å²) in [5.41, 5.74) is 1.37. The average molecular weight is 340 g/mol. The van der Waals surface area contributed by atoms with Gasteiger partial charge in [0.15, 0.2) is 6.61 Å². The summed E-state index contributed by atoms with van der Waals surface area (Å²) in [6.45, 7) is 2.77. The van der Waals surface area contributed by atoms with Crippen molar-refractivity contribution in [3.05, 3.63) is 48.5 Å². The van der Waals surface area contributed by atoms with Crippen LogP contribution >= 0.6 is 0 Å². The number of carbonyl (C=O) groups excluding carboxylic acids is 2. The summed E-state index contributed by atoms with van der Waals surface area (Å²) in [7, 11) is 0. The van der Waals surface area contributed by atoms with Crippen LogP contribution in [-0.2, 0) is 9.59 Å². The van der Waals surface area contributed by atoms with Gasteiger partial charge >= 0.3 is 0 Å². The van der Waals surface area contributed by atoms with Gasteiger partial charge in [0.1, 0.15) is 11.5 Å². The molecular weight excluding hydrogens is 320 g/mol. The molecule has 0 aliphatic carbocycles. The lowest BCUT2D eigenvalue weighted by atomic mass is 10.2. The molecule has 6 nitrogen and oxygen atoms in total. The van der Waals surface area contributed by atoms with Crippen molar-refractivity contribution in [2.45, 2.75) is 13.3 Å². The number of anilines is 2. The third-order valence-corrected chi connectivity index (χ3v) is 3.80. The average Bonchev–Trinajstić information content (AvgIpc) is 2.61. The molecule has 25 heavy (non-hydrogen) atoms. The molecule has 0 bridgehead atoms. The second-order valence-corrected chi connectivity index (χ2v) is 5.56. The van der Waals surface area contributed by atoms with Gasteiger partial charge in [-0.1, -0.05) is 18.2 Å². The van der Waals surface area contributed by atoms with Crippen molar-refractivity contribution in [2.75, 3.05) is 30.0 Å². The molecule has 0 saturated carbocycles. The molecule has 1 N–H and O–H groups in total. The Kier molecular flexibility index (Phi) is 5.18. The molecule has 2 aromatic carbocycles. The number of benzene rings is 2. The summed E-state index contributed by atoms with van der Waals surface area (Å²) in [5.74, 6) is 1.06. The maximum atomic E-state index is 12.2. The number of fused-ring (bicyclic) bond motifs is 1. The van der Waals surface area contributed by atoms with Crippen molar-refractivity contribution in [2.24, 2.45) is 0 Å². The highest BCUT2D eigenvalue weighted by Crippen LogP contribution is 2.31. The highest BCUT2D eigenvalue weighted by Gasteiger charge is 2.25. The van der Waals surface area contributed by atoms with E-state index in [1.807, 2.05) is 43.3 Å². The van der Waals surface area contributed by atoms with Gasteiger partial charge in [0.05, 0.1) is 12.3 Å². The quantitative estimate of drug-likeness (QED) is 0.878. The number of nitrogens with zero attached hydrogens (tertiary/aromatic N) is 1. The minimum absolute atomic E-state index is 0.00493. The topological polar surface area (TPSA) is 67.9 Å². The first-order valence-electron chi connectivity index (χ1n) is 8.22. The molecule has 130 valence electrons. The van der Waals surface area contributed by atoms with Crippen molar-refractivity contribution in [3.63, 3.8) is 0 Å². The third kappa shape index (κ3) is 4.09. The molecule has 0 saturated heterocycles. The van der Waals surface area contributed by atoms with Gasteiger partial charge in [-0.05, 0) is 31.2 Å². The van der Waals surface area contributed by atoms with Gasteiger partial charge in [-0.2, -0.15) is 0 Å². The maximum absolute atomic E-state index is 12.2. The van der Waals surface area contributed by atoms with Gasteiger partial charge < -0.3 is 19.7 Å². The van der Waals surface area contributed by atoms with Crippen LogP contribution in [0.2, 0.25) is 0 Å². The molecule has 1 heterocycles. The molecule has 2 aromatic rings. The van der Waals surface area contributed by atoms with E-state index in [0.29, 0.717) is 36.0 Å². The summed E-state index contributed by atoms with van der Waals surface area (Å²) < 4.78 is 10.8. The van der Waals surface area contributed by atoms with E-state index in [2.05, 4.69) is 5.32 Å². The van der Waals surface area contributed by atoms with Crippen molar-refractivity contribution >= 4 is 23.2 Å². The Bertz CT molecular complexity index is 776. The van der Waals surface area contributed by atoms with E-state index in [-0.39, 0.29) is 24.8 Å². The summed E-state index contributed by atoms with van der Waals surface area (Å²) in [5, 5.41) is 2.83. The Balaban J connectivity index is 1.61. The van der Waals surface area contributed by atoms with Crippen LogP contribution in [0.1, 0.15) is 13.3 Å². The van der Waals surface area contributed by atoms with Crippen LogP contribution in [0.3, 0.4) is 0 Å². The molecule has 1 aliphatic heterocycles. The van der Waals surface area contributed by atoms with E-state index in [9.17, 15) is 9.59 Å². The SMILES string of the molecule is CCOc1cccc(NC(=O)CCN2C(=O)COc3ccccc32)c1. The summed E-state index contributed by atoms with van der Waals surface area (Å²) in [6.07, 6.45) is 0.193. The maximum Gasteiger partial charge on any atom is 0.265 e. The number of amides is 2. The molecule has 0 aromatic heterocycles. The van der Waals surface area contributed by atoms with Gasteiger partial charge in [0.25, 0.3) is 5.91 Å². The molecular formula is C19H20N2O4. The predicted molar refractivity (Wildman–Crippen MR) is 95.1 cm³/mol. The first kappa shape index (κ1) is 16.8. The number of para-hydroxylation sites is 2. The van der Waals surface area contributed by atoms with Crippen molar-refractivity contribution in [1.29, 1.82) is 0 Å². The van der Waals surface area contributed by atoms with Crippen molar-refractivity contribution in [3.8, 4) is 11.5 Å². The Labute approximate surface area is 146 Å². The summed E-state index contributed by atoms with van der Waals surface area (Å²) in [4.78, 5) is 25.9. The lowest BCUT2D eigenvalue weighted by Crippen LogP contribution is -2.40. The van der Waals surface area contributed by atoms with E-state index in [0.717, 1.165) is 0 Å². The lowest BCUT2D eigenvalue weighted by Gasteiger charge is -2.29. The molecule has 3 rings (SSSR count). The smallest absolute Gasteiger partial charge is 0.265 e. The number of rotatable bonds is 6.